The summed E-state index contributed by atoms with van der Waals surface area (Å²) >= 11 is 1.76. The maximum Gasteiger partial charge on any atom is 0.0520 e. The molecule has 0 radical (unpaired) electrons. The molecule has 0 bridgehead atoms. The Kier molecular flexibility index (Phi) is 5.64. The highest BCUT2D eigenvalue weighted by Gasteiger charge is 2.16. The molecule has 0 aromatic rings. The average Bonchev–Trinajstić information content (AvgIpc) is 2.36. The predicted molar refractivity (Wildman–Crippen MR) is 79.4 cm³/mol. The Morgan fingerprint density at radius 3 is 2.47 bits per heavy atom. The summed E-state index contributed by atoms with van der Waals surface area (Å²) in [5.74, 6) is 0. The van der Waals surface area contributed by atoms with Crippen LogP contribution >= 0.6 is 11.8 Å². The SMILES string of the molecule is C=CC1=C(/C=C\C)SC(=C/C=C\C)/C(=C\C)N1. The Morgan fingerprint density at radius 2 is 1.94 bits per heavy atom. The van der Waals surface area contributed by atoms with Gasteiger partial charge in [0.05, 0.1) is 5.70 Å². The summed E-state index contributed by atoms with van der Waals surface area (Å²) in [5, 5.41) is 3.40. The van der Waals surface area contributed by atoms with E-state index in [1.54, 1.807) is 11.8 Å². The fraction of sp³-hybridized carbons (Fsp3) is 0.200. The van der Waals surface area contributed by atoms with E-state index in [0.717, 1.165) is 11.4 Å². The first-order valence-electron chi connectivity index (χ1n) is 5.70. The predicted octanol–water partition coefficient (Wildman–Crippen LogP) is 4.66. The number of hydrogen-bond acceptors (Lipinski definition) is 2. The first-order valence-corrected chi connectivity index (χ1v) is 6.52. The van der Waals surface area contributed by atoms with E-state index in [2.05, 4.69) is 36.2 Å². The molecule has 1 nitrogen and oxygen atoms in total. The maximum absolute atomic E-state index is 3.84. The molecule has 0 saturated carbocycles. The van der Waals surface area contributed by atoms with Gasteiger partial charge < -0.3 is 5.32 Å². The molecule has 0 aliphatic carbocycles. The smallest absolute Gasteiger partial charge is 0.0520 e. The van der Waals surface area contributed by atoms with E-state index in [1.165, 1.54) is 9.81 Å². The van der Waals surface area contributed by atoms with Gasteiger partial charge in [-0.25, -0.2) is 0 Å². The lowest BCUT2D eigenvalue weighted by atomic mass is 10.2. The van der Waals surface area contributed by atoms with E-state index < -0.39 is 0 Å². The van der Waals surface area contributed by atoms with Crippen LogP contribution in [0, 0.1) is 0 Å². The summed E-state index contributed by atoms with van der Waals surface area (Å²) < 4.78 is 0. The first-order chi connectivity index (χ1) is 8.26. The molecule has 2 heteroatoms. The molecule has 0 atom stereocenters. The molecule has 0 unspecified atom stereocenters. The first kappa shape index (κ1) is 13.7. The summed E-state index contributed by atoms with van der Waals surface area (Å²) in [5.41, 5.74) is 2.20. The number of rotatable bonds is 3. The van der Waals surface area contributed by atoms with Crippen molar-refractivity contribution in [2.75, 3.05) is 0 Å². The Bertz CT molecular complexity index is 434. The minimum absolute atomic E-state index is 1.07. The van der Waals surface area contributed by atoms with Crippen LogP contribution in [0.3, 0.4) is 0 Å². The molecule has 0 aromatic heterocycles. The van der Waals surface area contributed by atoms with Crippen molar-refractivity contribution in [1.82, 2.24) is 5.32 Å². The van der Waals surface area contributed by atoms with Crippen LogP contribution in [-0.4, -0.2) is 0 Å². The van der Waals surface area contributed by atoms with Gasteiger partial charge in [0.2, 0.25) is 0 Å². The zero-order valence-electron chi connectivity index (χ0n) is 10.7. The van der Waals surface area contributed by atoms with Crippen LogP contribution in [0.2, 0.25) is 0 Å². The summed E-state index contributed by atoms with van der Waals surface area (Å²) in [4.78, 5) is 2.42. The van der Waals surface area contributed by atoms with Crippen LogP contribution in [-0.2, 0) is 0 Å². The third kappa shape index (κ3) is 3.53. The second-order valence-electron chi connectivity index (χ2n) is 3.47. The minimum atomic E-state index is 1.07. The molecule has 0 spiro atoms. The quantitative estimate of drug-likeness (QED) is 0.776. The zero-order valence-corrected chi connectivity index (χ0v) is 11.5. The van der Waals surface area contributed by atoms with Gasteiger partial charge >= 0.3 is 0 Å². The largest absolute Gasteiger partial charge is 0.354 e. The topological polar surface area (TPSA) is 12.0 Å². The number of thioether (sulfide) groups is 1. The number of hydrogen-bond donors (Lipinski definition) is 1. The fourth-order valence-electron chi connectivity index (χ4n) is 1.45. The molecule has 1 N–H and O–H groups in total. The van der Waals surface area contributed by atoms with Crippen molar-refractivity contribution in [2.24, 2.45) is 0 Å². The Balaban J connectivity index is 3.15. The Hall–Kier alpha value is -1.41. The lowest BCUT2D eigenvalue weighted by Crippen LogP contribution is -2.17. The average molecular weight is 245 g/mol. The van der Waals surface area contributed by atoms with Crippen molar-refractivity contribution >= 4 is 11.8 Å². The van der Waals surface area contributed by atoms with Gasteiger partial charge in [-0.3, -0.25) is 0 Å². The lowest BCUT2D eigenvalue weighted by molar-refractivity contribution is 1.02. The zero-order chi connectivity index (χ0) is 12.7. The molecule has 0 aromatic carbocycles. The van der Waals surface area contributed by atoms with Crippen molar-refractivity contribution in [2.45, 2.75) is 20.8 Å². The van der Waals surface area contributed by atoms with E-state index in [4.69, 9.17) is 0 Å². The van der Waals surface area contributed by atoms with Gasteiger partial charge in [-0.2, -0.15) is 0 Å². The highest BCUT2D eigenvalue weighted by molar-refractivity contribution is 8.07. The molecule has 1 heterocycles. The highest BCUT2D eigenvalue weighted by Crippen LogP contribution is 2.37. The Labute approximate surface area is 108 Å². The van der Waals surface area contributed by atoms with Crippen molar-refractivity contribution < 1.29 is 0 Å². The third-order valence-electron chi connectivity index (χ3n) is 2.27. The van der Waals surface area contributed by atoms with Crippen molar-refractivity contribution in [3.8, 4) is 0 Å². The molecule has 90 valence electrons. The van der Waals surface area contributed by atoms with E-state index in [9.17, 15) is 0 Å². The van der Waals surface area contributed by atoms with Crippen molar-refractivity contribution in [3.63, 3.8) is 0 Å². The van der Waals surface area contributed by atoms with Gasteiger partial charge in [0.1, 0.15) is 0 Å². The van der Waals surface area contributed by atoms with Crippen LogP contribution in [0.5, 0.6) is 0 Å². The lowest BCUT2D eigenvalue weighted by Gasteiger charge is -2.22. The summed E-state index contributed by atoms with van der Waals surface area (Å²) in [6.45, 7) is 9.92. The molecule has 1 aliphatic heterocycles. The third-order valence-corrected chi connectivity index (χ3v) is 3.42. The standard InChI is InChI=1S/C15H19NS/c1-5-9-11-15-13(8-4)16-12(7-3)14(17-15)10-6-2/h5-11,16H,3H2,1-2,4H3/b9-5-,10-6-,13-8+,15-11+. The summed E-state index contributed by atoms with van der Waals surface area (Å²) in [6, 6.07) is 0. The van der Waals surface area contributed by atoms with Gasteiger partial charge in [-0.15, -0.1) is 0 Å². The van der Waals surface area contributed by atoms with Crippen molar-refractivity contribution in [1.29, 1.82) is 0 Å². The second kappa shape index (κ2) is 7.02. The van der Waals surface area contributed by atoms with E-state index in [-0.39, 0.29) is 0 Å². The fourth-order valence-corrected chi connectivity index (χ4v) is 2.56. The molecule has 0 saturated heterocycles. The summed E-state index contributed by atoms with van der Waals surface area (Å²) in [6.07, 6.45) is 14.3. The van der Waals surface area contributed by atoms with Crippen LogP contribution in [0.1, 0.15) is 20.8 Å². The molecule has 0 amide bonds. The minimum Gasteiger partial charge on any atom is -0.354 e. The van der Waals surface area contributed by atoms with Gasteiger partial charge in [0.25, 0.3) is 0 Å². The molecule has 17 heavy (non-hydrogen) atoms. The molecule has 1 aliphatic rings. The monoisotopic (exact) mass is 245 g/mol. The van der Waals surface area contributed by atoms with Gasteiger partial charge in [-0.1, -0.05) is 48.7 Å². The van der Waals surface area contributed by atoms with Crippen LogP contribution < -0.4 is 5.32 Å². The van der Waals surface area contributed by atoms with E-state index in [1.807, 2.05) is 39.0 Å². The number of allylic oxidation sites excluding steroid dienone is 7. The second-order valence-corrected chi connectivity index (χ2v) is 4.55. The molecule has 1 rings (SSSR count). The van der Waals surface area contributed by atoms with Gasteiger partial charge in [0.15, 0.2) is 0 Å². The van der Waals surface area contributed by atoms with Gasteiger partial charge in [0, 0.05) is 15.5 Å². The van der Waals surface area contributed by atoms with Gasteiger partial charge in [-0.05, 0) is 32.9 Å². The van der Waals surface area contributed by atoms with E-state index >= 15 is 0 Å². The van der Waals surface area contributed by atoms with Crippen molar-refractivity contribution in [3.05, 3.63) is 70.3 Å². The Morgan fingerprint density at radius 1 is 1.18 bits per heavy atom. The van der Waals surface area contributed by atoms with Crippen LogP contribution in [0.4, 0.5) is 0 Å². The normalized spacial score (nSPS) is 21.8. The molecular formula is C15H19NS. The molecular weight excluding hydrogens is 226 g/mol. The van der Waals surface area contributed by atoms with Crippen LogP contribution in [0.25, 0.3) is 0 Å². The number of nitrogens with one attached hydrogen (secondary N) is 1. The van der Waals surface area contributed by atoms with Crippen LogP contribution in [0.15, 0.2) is 70.3 Å². The highest BCUT2D eigenvalue weighted by atomic mass is 32.2. The molecule has 0 fully saturated rings. The van der Waals surface area contributed by atoms with E-state index in [0.29, 0.717) is 0 Å². The maximum atomic E-state index is 3.84. The summed E-state index contributed by atoms with van der Waals surface area (Å²) in [7, 11) is 0.